The van der Waals surface area contributed by atoms with E-state index in [2.05, 4.69) is 107 Å². The van der Waals surface area contributed by atoms with Crippen LogP contribution in [0.15, 0.2) is 137 Å². The Morgan fingerprint density at radius 2 is 1.32 bits per heavy atom. The third-order valence-corrected chi connectivity index (χ3v) is 11.7. The van der Waals surface area contributed by atoms with E-state index in [1.54, 1.807) is 0 Å². The van der Waals surface area contributed by atoms with Crippen LogP contribution >= 0.6 is 11.3 Å². The van der Waals surface area contributed by atoms with Crippen LogP contribution in [0, 0.1) is 0 Å². The molecule has 2 N–H and O–H groups in total. The number of thiophene rings is 1. The molecule has 0 radical (unpaired) electrons. The van der Waals surface area contributed by atoms with Gasteiger partial charge in [0.05, 0.1) is 6.54 Å². The minimum atomic E-state index is -0.112. The number of aliphatic imine (C=N–C) groups is 2. The number of nitrogens with two attached hydrogens (primary N) is 1. The lowest BCUT2D eigenvalue weighted by atomic mass is 9.55. The molecule has 47 heavy (non-hydrogen) atoms. The highest BCUT2D eigenvalue weighted by atomic mass is 32.1. The molecular weight excluding hydrogens is 591 g/mol. The van der Waals surface area contributed by atoms with Crippen molar-refractivity contribution in [1.82, 2.24) is 0 Å². The van der Waals surface area contributed by atoms with E-state index in [4.69, 9.17) is 15.7 Å². The smallest absolute Gasteiger partial charge is 0.157 e. The Hall–Kier alpha value is -5.06. The normalized spacial score (nSPS) is 15.6. The molecule has 0 unspecified atom stereocenters. The molecule has 0 atom stereocenters. The lowest BCUT2D eigenvalue weighted by Gasteiger charge is -2.48. The van der Waals surface area contributed by atoms with E-state index in [0.717, 1.165) is 16.7 Å². The largest absolute Gasteiger partial charge is 0.383 e. The molecule has 0 saturated carbocycles. The van der Waals surface area contributed by atoms with E-state index >= 15 is 0 Å². The summed E-state index contributed by atoms with van der Waals surface area (Å²) in [7, 11) is 0. The van der Waals surface area contributed by atoms with Crippen molar-refractivity contribution >= 4 is 54.0 Å². The van der Waals surface area contributed by atoms with Gasteiger partial charge in [-0.1, -0.05) is 137 Å². The van der Waals surface area contributed by atoms with E-state index in [-0.39, 0.29) is 10.8 Å². The van der Waals surface area contributed by atoms with Gasteiger partial charge in [0.25, 0.3) is 0 Å². The van der Waals surface area contributed by atoms with Gasteiger partial charge >= 0.3 is 0 Å². The first-order chi connectivity index (χ1) is 22.8. The van der Waals surface area contributed by atoms with E-state index in [1.165, 1.54) is 53.2 Å². The summed E-state index contributed by atoms with van der Waals surface area (Å²) >= 11 is 1.91. The molecule has 8 rings (SSSR count). The predicted octanol–water partition coefficient (Wildman–Crippen LogP) is 10.8. The number of hydrogen-bond donors (Lipinski definition) is 1. The molecule has 4 heteroatoms. The summed E-state index contributed by atoms with van der Waals surface area (Å²) in [5.74, 6) is 1.09. The van der Waals surface area contributed by atoms with Gasteiger partial charge in [-0.05, 0) is 62.2 Å². The summed E-state index contributed by atoms with van der Waals surface area (Å²) in [6.45, 7) is 10.2. The highest BCUT2D eigenvalue weighted by Crippen LogP contribution is 2.59. The van der Waals surface area contributed by atoms with Crippen molar-refractivity contribution < 1.29 is 0 Å². The van der Waals surface area contributed by atoms with E-state index < -0.39 is 0 Å². The molecule has 1 aliphatic carbocycles. The molecule has 0 spiro atoms. The van der Waals surface area contributed by atoms with Crippen LogP contribution in [-0.2, 0) is 17.4 Å². The Labute approximate surface area is 280 Å². The van der Waals surface area contributed by atoms with Crippen molar-refractivity contribution in [1.29, 1.82) is 0 Å². The number of benzene rings is 6. The van der Waals surface area contributed by atoms with Crippen molar-refractivity contribution in [3.8, 4) is 11.1 Å². The zero-order chi connectivity index (χ0) is 32.3. The molecule has 0 fully saturated rings. The Morgan fingerprint density at radius 1 is 0.660 bits per heavy atom. The minimum Gasteiger partial charge on any atom is -0.383 e. The fourth-order valence-corrected chi connectivity index (χ4v) is 8.76. The summed E-state index contributed by atoms with van der Waals surface area (Å²) < 4.78 is 2.63. The maximum absolute atomic E-state index is 6.60. The van der Waals surface area contributed by atoms with E-state index in [9.17, 15) is 0 Å². The molecule has 0 saturated heterocycles. The lowest BCUT2D eigenvalue weighted by molar-refractivity contribution is 0.302. The molecule has 0 aliphatic heterocycles. The Bertz CT molecular complexity index is 2380. The number of amidine groups is 2. The molecule has 0 amide bonds. The van der Waals surface area contributed by atoms with Crippen LogP contribution in [0.3, 0.4) is 0 Å². The minimum absolute atomic E-state index is 0.0612. The summed E-state index contributed by atoms with van der Waals surface area (Å²) in [5.41, 5.74) is 15.0. The second-order valence-corrected chi connectivity index (χ2v) is 14.6. The van der Waals surface area contributed by atoms with Crippen molar-refractivity contribution in [2.45, 2.75) is 45.1 Å². The summed E-state index contributed by atoms with van der Waals surface area (Å²) in [5, 5.41) is 5.13. The Balaban J connectivity index is 1.40. The molecule has 6 aromatic carbocycles. The first-order valence-electron chi connectivity index (χ1n) is 16.3. The van der Waals surface area contributed by atoms with Gasteiger partial charge in [-0.25, -0.2) is 4.99 Å². The van der Waals surface area contributed by atoms with Crippen LogP contribution in [0.1, 0.15) is 55.5 Å². The van der Waals surface area contributed by atoms with Gasteiger partial charge < -0.3 is 5.73 Å². The van der Waals surface area contributed by atoms with Gasteiger partial charge in [0.2, 0.25) is 0 Å². The van der Waals surface area contributed by atoms with Gasteiger partial charge in [0.1, 0.15) is 5.84 Å². The molecule has 0 bridgehead atoms. The van der Waals surface area contributed by atoms with Crippen molar-refractivity contribution in [2.24, 2.45) is 15.7 Å². The fourth-order valence-electron chi connectivity index (χ4n) is 7.35. The van der Waals surface area contributed by atoms with Gasteiger partial charge in [-0.2, -0.15) is 0 Å². The lowest BCUT2D eigenvalue weighted by Crippen LogP contribution is -2.43. The highest BCUT2D eigenvalue weighted by Gasteiger charge is 2.47. The zero-order valence-electron chi connectivity index (χ0n) is 27.2. The molecule has 7 aromatic rings. The molecule has 1 aromatic heterocycles. The first kappa shape index (κ1) is 29.3. The fraction of sp³-hybridized carbons (Fsp3) is 0.163. The topological polar surface area (TPSA) is 50.7 Å². The number of nitrogens with zero attached hydrogens (tertiary/aromatic N) is 2. The second-order valence-electron chi connectivity index (χ2n) is 13.6. The highest BCUT2D eigenvalue weighted by molar-refractivity contribution is 7.26. The van der Waals surface area contributed by atoms with Crippen LogP contribution in [0.4, 0.5) is 0 Å². The average Bonchev–Trinajstić information content (AvgIpc) is 3.48. The van der Waals surface area contributed by atoms with Gasteiger partial charge in [-0.3, -0.25) is 4.99 Å². The molecular formula is C43H37N3S. The van der Waals surface area contributed by atoms with Crippen LogP contribution in [0.25, 0.3) is 42.1 Å². The molecule has 1 aliphatic rings. The number of hydrogen-bond acceptors (Lipinski definition) is 2. The monoisotopic (exact) mass is 627 g/mol. The summed E-state index contributed by atoms with van der Waals surface area (Å²) in [4.78, 5) is 10.0. The maximum atomic E-state index is 6.60. The number of fused-ring (bicyclic) bond motifs is 10. The van der Waals surface area contributed by atoms with E-state index in [0.29, 0.717) is 18.2 Å². The van der Waals surface area contributed by atoms with Crippen LogP contribution in [0.5, 0.6) is 0 Å². The summed E-state index contributed by atoms with van der Waals surface area (Å²) in [6.07, 6.45) is 0. The molecule has 3 nitrogen and oxygen atoms in total. The van der Waals surface area contributed by atoms with Crippen molar-refractivity contribution in [3.63, 3.8) is 0 Å². The summed E-state index contributed by atoms with van der Waals surface area (Å²) in [6, 6.07) is 44.9. The third-order valence-electron chi connectivity index (χ3n) is 10.5. The van der Waals surface area contributed by atoms with Gasteiger partial charge in [0, 0.05) is 36.7 Å². The van der Waals surface area contributed by atoms with Crippen LogP contribution < -0.4 is 5.73 Å². The Morgan fingerprint density at radius 3 is 2.09 bits per heavy atom. The maximum Gasteiger partial charge on any atom is 0.157 e. The average molecular weight is 628 g/mol. The zero-order valence-corrected chi connectivity index (χ0v) is 28.0. The van der Waals surface area contributed by atoms with Crippen LogP contribution in [-0.4, -0.2) is 11.7 Å². The first-order valence-corrected chi connectivity index (χ1v) is 17.1. The van der Waals surface area contributed by atoms with Crippen LogP contribution in [0.2, 0.25) is 0 Å². The van der Waals surface area contributed by atoms with Gasteiger partial charge in [-0.15, -0.1) is 11.3 Å². The van der Waals surface area contributed by atoms with Gasteiger partial charge in [0.15, 0.2) is 5.84 Å². The van der Waals surface area contributed by atoms with E-state index in [1.807, 2.05) is 59.9 Å². The third kappa shape index (κ3) is 4.62. The predicted molar refractivity (Wildman–Crippen MR) is 202 cm³/mol. The second kappa shape index (κ2) is 11.0. The quantitative estimate of drug-likeness (QED) is 0.153. The standard InChI is InChI=1S/C43H37N3S/c1-42(2)34-22-14-13-21-32(34)36-30-19-11-12-20-31(30)37-33-25-29(23-24-35(33)47-39(37)38(36)43(42,3)4)41(45-26-27-15-7-5-8-16-27)46-40(44)28-17-9-6-10-18-28/h5-25H,26H2,1-4H3,(H2,44,45,46). The molecule has 230 valence electrons. The SMILES string of the molecule is CC1(C)c2ccccc2-c2c(c3sc4ccc(C(N=C(N)c5ccccc5)=NCc5ccccc5)cc4c3c3ccccc23)C1(C)C. The number of rotatable bonds is 4. The van der Waals surface area contributed by atoms with Crippen molar-refractivity contribution in [2.75, 3.05) is 0 Å². The van der Waals surface area contributed by atoms with Crippen molar-refractivity contribution in [3.05, 3.63) is 155 Å². The Kier molecular flexibility index (Phi) is 6.89. The molecule has 1 heterocycles.